The van der Waals surface area contributed by atoms with Gasteiger partial charge in [-0.05, 0) is 25.9 Å². The lowest BCUT2D eigenvalue weighted by Gasteiger charge is -2.22. The van der Waals surface area contributed by atoms with Gasteiger partial charge in [0.25, 0.3) is 0 Å². The van der Waals surface area contributed by atoms with Gasteiger partial charge in [0, 0.05) is 13.1 Å². The molecular formula is C11H21N3O. The molecule has 1 saturated carbocycles. The normalized spacial score (nSPS) is 23.1. The molecule has 1 heterocycles. The van der Waals surface area contributed by atoms with Crippen LogP contribution < -0.4 is 5.32 Å². The molecule has 1 N–H and O–H groups in total. The van der Waals surface area contributed by atoms with Crippen molar-refractivity contribution in [2.75, 3.05) is 32.8 Å². The molecule has 1 saturated heterocycles. The largest absolute Gasteiger partial charge is 0.327 e. The first-order valence-electron chi connectivity index (χ1n) is 5.98. The summed E-state index contributed by atoms with van der Waals surface area (Å²) in [5, 5.41) is 3.32. The molecule has 0 unspecified atom stereocenters. The molecule has 86 valence electrons. The Morgan fingerprint density at radius 2 is 2.07 bits per heavy atom. The van der Waals surface area contributed by atoms with Gasteiger partial charge in [0.2, 0.25) is 5.91 Å². The highest BCUT2D eigenvalue weighted by Crippen LogP contribution is 2.39. The Bertz CT molecular complexity index is 246. The van der Waals surface area contributed by atoms with Gasteiger partial charge in [-0.1, -0.05) is 13.8 Å². The molecule has 1 amide bonds. The van der Waals surface area contributed by atoms with Gasteiger partial charge in [-0.3, -0.25) is 10.1 Å². The van der Waals surface area contributed by atoms with Crippen molar-refractivity contribution in [2.45, 2.75) is 32.2 Å². The summed E-state index contributed by atoms with van der Waals surface area (Å²) in [5.74, 6) is 0.328. The number of likely N-dealkylation sites (N-methyl/N-ethyl adjacent to an activating group) is 1. The van der Waals surface area contributed by atoms with Gasteiger partial charge in [0.15, 0.2) is 0 Å². The number of carbonyl (C=O) groups excluding carboxylic acids is 1. The molecule has 0 aromatic carbocycles. The Hall–Kier alpha value is -0.610. The summed E-state index contributed by atoms with van der Waals surface area (Å²) in [7, 11) is 0. The Morgan fingerprint density at radius 3 is 2.53 bits per heavy atom. The van der Waals surface area contributed by atoms with Gasteiger partial charge >= 0.3 is 0 Å². The van der Waals surface area contributed by atoms with Crippen molar-refractivity contribution in [2.24, 2.45) is 0 Å². The van der Waals surface area contributed by atoms with E-state index in [0.717, 1.165) is 45.7 Å². The van der Waals surface area contributed by atoms with Crippen molar-refractivity contribution in [3.8, 4) is 0 Å². The zero-order valence-corrected chi connectivity index (χ0v) is 9.75. The highest BCUT2D eigenvalue weighted by Gasteiger charge is 2.55. The Labute approximate surface area is 91.6 Å². The maximum Gasteiger partial charge on any atom is 0.244 e. The van der Waals surface area contributed by atoms with Crippen molar-refractivity contribution in [3.63, 3.8) is 0 Å². The van der Waals surface area contributed by atoms with Crippen LogP contribution in [0.2, 0.25) is 0 Å². The Morgan fingerprint density at radius 1 is 1.40 bits per heavy atom. The summed E-state index contributed by atoms with van der Waals surface area (Å²) in [6.07, 6.45) is 2.07. The third-order valence-corrected chi connectivity index (χ3v) is 3.64. The average molecular weight is 211 g/mol. The first-order valence-corrected chi connectivity index (χ1v) is 5.98. The predicted molar refractivity (Wildman–Crippen MR) is 59.5 cm³/mol. The first-order chi connectivity index (χ1) is 7.22. The van der Waals surface area contributed by atoms with E-state index < -0.39 is 0 Å². The number of carbonyl (C=O) groups is 1. The second kappa shape index (κ2) is 4.10. The zero-order valence-electron chi connectivity index (χ0n) is 9.75. The molecule has 0 atom stereocenters. The summed E-state index contributed by atoms with van der Waals surface area (Å²) < 4.78 is 0. The van der Waals surface area contributed by atoms with E-state index in [2.05, 4.69) is 24.1 Å². The molecule has 2 aliphatic rings. The third-order valence-electron chi connectivity index (χ3n) is 3.64. The third kappa shape index (κ3) is 2.01. The molecule has 2 rings (SSSR count). The topological polar surface area (TPSA) is 35.6 Å². The predicted octanol–water partition coefficient (Wildman–Crippen LogP) is 0.250. The minimum atomic E-state index is -0.122. The van der Waals surface area contributed by atoms with Crippen LogP contribution in [0.4, 0.5) is 0 Å². The minimum Gasteiger partial charge on any atom is -0.327 e. The van der Waals surface area contributed by atoms with Crippen molar-refractivity contribution < 1.29 is 4.79 Å². The van der Waals surface area contributed by atoms with E-state index in [4.69, 9.17) is 0 Å². The Kier molecular flexibility index (Phi) is 2.98. The van der Waals surface area contributed by atoms with Gasteiger partial charge in [0.05, 0.1) is 12.2 Å². The zero-order chi connectivity index (χ0) is 10.9. The van der Waals surface area contributed by atoms with E-state index in [-0.39, 0.29) is 5.54 Å². The minimum absolute atomic E-state index is 0.122. The highest BCUT2D eigenvalue weighted by molar-refractivity contribution is 5.91. The number of rotatable bonds is 5. The number of hydrogen-bond acceptors (Lipinski definition) is 3. The maximum atomic E-state index is 11.9. The second-order valence-electron chi connectivity index (χ2n) is 4.51. The summed E-state index contributed by atoms with van der Waals surface area (Å²) in [4.78, 5) is 16.2. The van der Waals surface area contributed by atoms with Crippen molar-refractivity contribution in [3.05, 3.63) is 0 Å². The fourth-order valence-corrected chi connectivity index (χ4v) is 2.20. The van der Waals surface area contributed by atoms with E-state index in [9.17, 15) is 4.79 Å². The van der Waals surface area contributed by atoms with Crippen LogP contribution in [0.25, 0.3) is 0 Å². The van der Waals surface area contributed by atoms with Gasteiger partial charge in [0.1, 0.15) is 0 Å². The van der Waals surface area contributed by atoms with Crippen LogP contribution in [0.5, 0.6) is 0 Å². The summed E-state index contributed by atoms with van der Waals surface area (Å²) >= 11 is 0. The van der Waals surface area contributed by atoms with Crippen molar-refractivity contribution in [1.82, 2.24) is 15.1 Å². The van der Waals surface area contributed by atoms with Crippen LogP contribution in [0.15, 0.2) is 0 Å². The fourth-order valence-electron chi connectivity index (χ4n) is 2.20. The van der Waals surface area contributed by atoms with Crippen LogP contribution in [0.3, 0.4) is 0 Å². The van der Waals surface area contributed by atoms with Gasteiger partial charge < -0.3 is 9.80 Å². The fraction of sp³-hybridized carbons (Fsp3) is 0.909. The smallest absolute Gasteiger partial charge is 0.244 e. The average Bonchev–Trinajstić information content (AvgIpc) is 2.97. The molecule has 1 aliphatic carbocycles. The second-order valence-corrected chi connectivity index (χ2v) is 4.51. The lowest BCUT2D eigenvalue weighted by molar-refractivity contribution is -0.129. The van der Waals surface area contributed by atoms with E-state index in [0.29, 0.717) is 5.91 Å². The lowest BCUT2D eigenvalue weighted by Crippen LogP contribution is -2.38. The Balaban J connectivity index is 1.78. The van der Waals surface area contributed by atoms with E-state index in [1.165, 1.54) is 0 Å². The summed E-state index contributed by atoms with van der Waals surface area (Å²) in [6, 6.07) is 0. The molecule has 15 heavy (non-hydrogen) atoms. The monoisotopic (exact) mass is 211 g/mol. The summed E-state index contributed by atoms with van der Waals surface area (Å²) in [5.41, 5.74) is -0.122. The van der Waals surface area contributed by atoms with Crippen LogP contribution in [0.1, 0.15) is 26.7 Å². The first kappa shape index (κ1) is 10.9. The van der Waals surface area contributed by atoms with E-state index >= 15 is 0 Å². The highest BCUT2D eigenvalue weighted by atomic mass is 16.2. The van der Waals surface area contributed by atoms with Crippen molar-refractivity contribution in [1.29, 1.82) is 0 Å². The number of nitrogens with zero attached hydrogens (tertiary/aromatic N) is 2. The SMILES string of the molecule is CCN(CC)CCN1CNC2(CC2)C1=O. The number of hydrogen-bond donors (Lipinski definition) is 1. The van der Waals surface area contributed by atoms with Gasteiger partial charge in [-0.25, -0.2) is 0 Å². The molecule has 4 heteroatoms. The van der Waals surface area contributed by atoms with Crippen LogP contribution in [-0.4, -0.2) is 54.1 Å². The molecule has 0 aromatic rings. The van der Waals surface area contributed by atoms with Crippen LogP contribution >= 0.6 is 0 Å². The van der Waals surface area contributed by atoms with Crippen LogP contribution in [-0.2, 0) is 4.79 Å². The molecule has 0 bridgehead atoms. The molecule has 2 fully saturated rings. The van der Waals surface area contributed by atoms with Crippen molar-refractivity contribution >= 4 is 5.91 Å². The van der Waals surface area contributed by atoms with Gasteiger partial charge in [-0.15, -0.1) is 0 Å². The standard InChI is InChI=1S/C11H21N3O/c1-3-13(4-2)7-8-14-9-12-11(5-6-11)10(14)15/h12H,3-9H2,1-2H3. The summed E-state index contributed by atoms with van der Waals surface area (Å²) in [6.45, 7) is 9.08. The van der Waals surface area contributed by atoms with Gasteiger partial charge in [-0.2, -0.15) is 0 Å². The molecule has 4 nitrogen and oxygen atoms in total. The molecule has 1 aliphatic heterocycles. The lowest BCUT2D eigenvalue weighted by atomic mass is 10.3. The quantitative estimate of drug-likeness (QED) is 0.708. The molecule has 1 spiro atoms. The number of amides is 1. The van der Waals surface area contributed by atoms with Crippen LogP contribution in [0, 0.1) is 0 Å². The maximum absolute atomic E-state index is 11.9. The van der Waals surface area contributed by atoms with E-state index in [1.54, 1.807) is 0 Å². The molecular weight excluding hydrogens is 190 g/mol. The molecule has 0 aromatic heterocycles. The molecule has 0 radical (unpaired) electrons. The van der Waals surface area contributed by atoms with E-state index in [1.807, 2.05) is 4.90 Å². The number of nitrogens with one attached hydrogen (secondary N) is 1.